The smallest absolute Gasteiger partial charge is 0.278 e. The van der Waals surface area contributed by atoms with Crippen molar-refractivity contribution in [3.63, 3.8) is 0 Å². The summed E-state index contributed by atoms with van der Waals surface area (Å²) in [6.07, 6.45) is 7.11. The largest absolute Gasteiger partial charge is 0.474 e. The van der Waals surface area contributed by atoms with E-state index >= 15 is 0 Å². The number of nitrogens with one attached hydrogen (secondary N) is 1. The summed E-state index contributed by atoms with van der Waals surface area (Å²) in [6, 6.07) is 11.6. The van der Waals surface area contributed by atoms with Crippen LogP contribution in [0.25, 0.3) is 27.8 Å². The Balaban J connectivity index is 1.34. The highest BCUT2D eigenvalue weighted by Gasteiger charge is 2.21. The third-order valence-corrected chi connectivity index (χ3v) is 7.29. The van der Waals surface area contributed by atoms with E-state index in [2.05, 4.69) is 47.8 Å². The van der Waals surface area contributed by atoms with E-state index in [1.165, 1.54) is 0 Å². The Kier molecular flexibility index (Phi) is 7.27. The van der Waals surface area contributed by atoms with E-state index in [1.54, 1.807) is 21.6 Å². The molecular formula is C30H35N9O2. The molecule has 5 aromatic rings. The summed E-state index contributed by atoms with van der Waals surface area (Å²) in [6.45, 7) is 11.3. The van der Waals surface area contributed by atoms with Crippen LogP contribution in [0.2, 0.25) is 0 Å². The normalized spacial score (nSPS) is 14.7. The van der Waals surface area contributed by atoms with Gasteiger partial charge in [0.25, 0.3) is 5.56 Å². The average molecular weight is 554 g/mol. The van der Waals surface area contributed by atoms with E-state index in [1.807, 2.05) is 47.3 Å². The van der Waals surface area contributed by atoms with Gasteiger partial charge >= 0.3 is 0 Å². The van der Waals surface area contributed by atoms with Crippen molar-refractivity contribution in [2.75, 3.05) is 25.5 Å². The van der Waals surface area contributed by atoms with E-state index < -0.39 is 0 Å². The standard InChI is InChI=1S/C30H35N9O2/c1-5-13-38-29(40)24-18-31-30(33-22-9-10-25-21(16-22)17-32-37(25)19-20(2)3)35-28(24)39(38)26-7-6-8-27(34-26)41-23-11-14-36(4)15-12-23/h5-10,16-18,20,23H,1,11-15,19H2,2-4H3,(H,31,33,35). The van der Waals surface area contributed by atoms with Crippen LogP contribution in [-0.4, -0.2) is 65.2 Å². The molecule has 11 heteroatoms. The molecule has 0 saturated carbocycles. The molecule has 11 nitrogen and oxygen atoms in total. The predicted molar refractivity (Wildman–Crippen MR) is 160 cm³/mol. The first-order chi connectivity index (χ1) is 19.9. The predicted octanol–water partition coefficient (Wildman–Crippen LogP) is 4.39. The van der Waals surface area contributed by atoms with Gasteiger partial charge in [-0.2, -0.15) is 15.1 Å². The van der Waals surface area contributed by atoms with Crippen molar-refractivity contribution in [3.8, 4) is 11.7 Å². The number of rotatable bonds is 9. The molecule has 1 fully saturated rings. The third kappa shape index (κ3) is 5.45. The Morgan fingerprint density at radius 1 is 1.15 bits per heavy atom. The number of likely N-dealkylation sites (tertiary alicyclic amines) is 1. The van der Waals surface area contributed by atoms with Gasteiger partial charge in [-0.15, -0.1) is 6.58 Å². The van der Waals surface area contributed by atoms with E-state index in [9.17, 15) is 4.79 Å². The number of nitrogens with zero attached hydrogens (tertiary/aromatic N) is 8. The topological polar surface area (TPSA) is 108 Å². The Hall–Kier alpha value is -4.51. The van der Waals surface area contributed by atoms with Crippen molar-refractivity contribution in [3.05, 3.63) is 71.8 Å². The van der Waals surface area contributed by atoms with Gasteiger partial charge in [0.1, 0.15) is 11.5 Å². The van der Waals surface area contributed by atoms with Crippen LogP contribution in [0.3, 0.4) is 0 Å². The number of aromatic nitrogens is 7. The second-order valence-electron chi connectivity index (χ2n) is 11.0. The van der Waals surface area contributed by atoms with Crippen molar-refractivity contribution in [1.82, 2.24) is 39.0 Å². The van der Waals surface area contributed by atoms with Gasteiger partial charge in [-0.1, -0.05) is 26.0 Å². The molecule has 6 rings (SSSR count). The number of allylic oxidation sites excluding steroid dienone is 1. The fourth-order valence-electron chi connectivity index (χ4n) is 5.25. The molecule has 1 aromatic carbocycles. The van der Waals surface area contributed by atoms with Gasteiger partial charge in [0.15, 0.2) is 11.5 Å². The minimum Gasteiger partial charge on any atom is -0.474 e. The molecule has 212 valence electrons. The van der Waals surface area contributed by atoms with Gasteiger partial charge in [0.05, 0.1) is 18.3 Å². The van der Waals surface area contributed by atoms with Crippen molar-refractivity contribution in [2.45, 2.75) is 45.9 Å². The first-order valence-corrected chi connectivity index (χ1v) is 14.0. The van der Waals surface area contributed by atoms with Gasteiger partial charge in [-0.25, -0.2) is 14.3 Å². The summed E-state index contributed by atoms with van der Waals surface area (Å²) in [4.78, 5) is 29.7. The van der Waals surface area contributed by atoms with Crippen LogP contribution in [-0.2, 0) is 13.1 Å². The second kappa shape index (κ2) is 11.2. The lowest BCUT2D eigenvalue weighted by atomic mass is 10.1. The van der Waals surface area contributed by atoms with Crippen LogP contribution in [0.5, 0.6) is 5.88 Å². The van der Waals surface area contributed by atoms with E-state index in [0.29, 0.717) is 34.6 Å². The molecule has 0 unspecified atom stereocenters. The zero-order chi connectivity index (χ0) is 28.5. The molecule has 1 saturated heterocycles. The highest BCUT2D eigenvalue weighted by molar-refractivity contribution is 5.83. The Labute approximate surface area is 238 Å². The molecule has 5 heterocycles. The molecule has 0 bridgehead atoms. The SMILES string of the molecule is C=CCn1c(=O)c2cnc(Nc3ccc4c(cnn4CC(C)C)c3)nc2n1-c1cccc(OC2CCN(C)CC2)n1. The quantitative estimate of drug-likeness (QED) is 0.268. The fourth-order valence-corrected chi connectivity index (χ4v) is 5.25. The van der Waals surface area contributed by atoms with Crippen LogP contribution in [0.15, 0.2) is 66.2 Å². The van der Waals surface area contributed by atoms with Crippen molar-refractivity contribution in [2.24, 2.45) is 5.92 Å². The molecule has 0 amide bonds. The number of fused-ring (bicyclic) bond motifs is 2. The van der Waals surface area contributed by atoms with Gasteiger partial charge in [0, 0.05) is 43.0 Å². The number of ether oxygens (including phenoxy) is 1. The lowest BCUT2D eigenvalue weighted by molar-refractivity contribution is 0.110. The van der Waals surface area contributed by atoms with Crippen LogP contribution in [0.4, 0.5) is 11.6 Å². The van der Waals surface area contributed by atoms with Gasteiger partial charge < -0.3 is 15.0 Å². The van der Waals surface area contributed by atoms with Crippen LogP contribution in [0, 0.1) is 5.92 Å². The molecule has 1 N–H and O–H groups in total. The molecule has 0 aliphatic carbocycles. The van der Waals surface area contributed by atoms with Crippen molar-refractivity contribution < 1.29 is 4.74 Å². The highest BCUT2D eigenvalue weighted by atomic mass is 16.5. The Morgan fingerprint density at radius 2 is 1.98 bits per heavy atom. The van der Waals surface area contributed by atoms with E-state index in [0.717, 1.165) is 49.1 Å². The first kappa shape index (κ1) is 26.7. The molecular weight excluding hydrogens is 518 g/mol. The Bertz CT molecular complexity index is 1760. The number of hydrogen-bond donors (Lipinski definition) is 1. The molecule has 1 aliphatic heterocycles. The molecule has 1 aliphatic rings. The fraction of sp³-hybridized carbons (Fsp3) is 0.367. The second-order valence-corrected chi connectivity index (χ2v) is 11.0. The highest BCUT2D eigenvalue weighted by Crippen LogP contribution is 2.24. The minimum absolute atomic E-state index is 0.110. The lowest BCUT2D eigenvalue weighted by Gasteiger charge is -2.29. The third-order valence-electron chi connectivity index (χ3n) is 7.29. The number of pyridine rings is 1. The lowest BCUT2D eigenvalue weighted by Crippen LogP contribution is -2.35. The summed E-state index contributed by atoms with van der Waals surface area (Å²) in [7, 11) is 2.12. The molecule has 0 atom stereocenters. The Morgan fingerprint density at radius 3 is 2.76 bits per heavy atom. The van der Waals surface area contributed by atoms with Gasteiger partial charge in [0.2, 0.25) is 11.8 Å². The zero-order valence-corrected chi connectivity index (χ0v) is 23.7. The summed E-state index contributed by atoms with van der Waals surface area (Å²) in [5.41, 5.74) is 2.13. The van der Waals surface area contributed by atoms with Crippen LogP contribution >= 0.6 is 0 Å². The van der Waals surface area contributed by atoms with Crippen molar-refractivity contribution in [1.29, 1.82) is 0 Å². The van der Waals surface area contributed by atoms with Crippen LogP contribution in [0.1, 0.15) is 26.7 Å². The number of benzene rings is 1. The summed E-state index contributed by atoms with van der Waals surface area (Å²) < 4.78 is 11.5. The summed E-state index contributed by atoms with van der Waals surface area (Å²) in [5, 5.41) is 9.25. The van der Waals surface area contributed by atoms with Crippen LogP contribution < -0.4 is 15.6 Å². The average Bonchev–Trinajstić information content (AvgIpc) is 3.47. The minimum atomic E-state index is -0.214. The monoisotopic (exact) mass is 553 g/mol. The van der Waals surface area contributed by atoms with Gasteiger partial charge in [-0.05, 0) is 50.1 Å². The number of piperidine rings is 1. The first-order valence-electron chi connectivity index (χ1n) is 14.0. The number of anilines is 2. The maximum absolute atomic E-state index is 13.4. The zero-order valence-electron chi connectivity index (χ0n) is 23.7. The van der Waals surface area contributed by atoms with E-state index in [4.69, 9.17) is 14.7 Å². The molecule has 0 spiro atoms. The summed E-state index contributed by atoms with van der Waals surface area (Å²) >= 11 is 0. The molecule has 0 radical (unpaired) electrons. The van der Waals surface area contributed by atoms with Crippen molar-refractivity contribution >= 4 is 33.6 Å². The maximum atomic E-state index is 13.4. The van der Waals surface area contributed by atoms with E-state index in [-0.39, 0.29) is 18.2 Å². The molecule has 4 aromatic heterocycles. The maximum Gasteiger partial charge on any atom is 0.278 e. The van der Waals surface area contributed by atoms with Gasteiger partial charge in [-0.3, -0.25) is 9.48 Å². The molecule has 41 heavy (non-hydrogen) atoms. The summed E-state index contributed by atoms with van der Waals surface area (Å²) in [5.74, 6) is 1.93. The number of hydrogen-bond acceptors (Lipinski definition) is 8.